The fourth-order valence-electron chi connectivity index (χ4n) is 0.406. The maximum atomic E-state index is 10.5. The van der Waals surface area contributed by atoms with Crippen LogP contribution in [0.3, 0.4) is 0 Å². The normalized spacial score (nSPS) is 8.39. The van der Waals surface area contributed by atoms with Crippen LogP contribution in [0.15, 0.2) is 12.7 Å². The second-order valence-corrected chi connectivity index (χ2v) is 5.13. The number of hydrogen-bond acceptors (Lipinski definition) is 6. The van der Waals surface area contributed by atoms with Gasteiger partial charge in [-0.3, -0.25) is 9.59 Å². The van der Waals surface area contributed by atoms with Gasteiger partial charge in [0.15, 0.2) is 0 Å². The summed E-state index contributed by atoms with van der Waals surface area (Å²) in [6.07, 6.45) is 0.811. The standard InChI is InChI=1S/C7H10O3.3C3H8O.Zr/c1-3-4-10-7(9)5-6(2)8;3*1-3(2)4;/h3H,1,4-5H2,2H3;3*3-4H,1-2H3;. The Bertz CT molecular complexity index is 243. The molecule has 0 aromatic rings. The summed E-state index contributed by atoms with van der Waals surface area (Å²) in [5.41, 5.74) is 0. The number of rotatable bonds is 4. The van der Waals surface area contributed by atoms with Crippen molar-refractivity contribution in [2.75, 3.05) is 6.61 Å². The van der Waals surface area contributed by atoms with E-state index >= 15 is 0 Å². The third-order valence-corrected chi connectivity index (χ3v) is 0.755. The van der Waals surface area contributed by atoms with Gasteiger partial charge in [0, 0.05) is 44.5 Å². The Balaban J connectivity index is -0.0000000700. The minimum absolute atomic E-state index is 0. The van der Waals surface area contributed by atoms with Crippen molar-refractivity contribution in [2.24, 2.45) is 0 Å². The number of aliphatic hydroxyl groups is 3. The van der Waals surface area contributed by atoms with Crippen LogP contribution < -0.4 is 0 Å². The van der Waals surface area contributed by atoms with Gasteiger partial charge in [0.25, 0.3) is 0 Å². The monoisotopic (exact) mass is 412 g/mol. The summed E-state index contributed by atoms with van der Waals surface area (Å²) in [6, 6.07) is 0. The Morgan fingerprint density at radius 3 is 1.39 bits per heavy atom. The van der Waals surface area contributed by atoms with E-state index in [1.807, 2.05) is 0 Å². The molecule has 138 valence electrons. The van der Waals surface area contributed by atoms with E-state index < -0.39 is 5.97 Å². The van der Waals surface area contributed by atoms with E-state index in [1.165, 1.54) is 13.0 Å². The van der Waals surface area contributed by atoms with Crippen molar-refractivity contribution in [2.45, 2.75) is 73.2 Å². The first-order chi connectivity index (χ1) is 9.86. The molecule has 0 aromatic carbocycles. The largest absolute Gasteiger partial charge is 0.461 e. The van der Waals surface area contributed by atoms with Gasteiger partial charge in [-0.15, -0.1) is 0 Å². The number of esters is 1. The van der Waals surface area contributed by atoms with Crippen molar-refractivity contribution < 1.29 is 55.8 Å². The number of ether oxygens (including phenoxy) is 1. The summed E-state index contributed by atoms with van der Waals surface area (Å²) in [4.78, 5) is 20.8. The third-order valence-electron chi connectivity index (χ3n) is 0.755. The van der Waals surface area contributed by atoms with Gasteiger partial charge in [-0.1, -0.05) is 12.7 Å². The number of carbonyl (C=O) groups excluding carboxylic acids is 2. The molecule has 23 heavy (non-hydrogen) atoms. The second-order valence-electron chi connectivity index (χ2n) is 5.13. The molecule has 0 radical (unpaired) electrons. The molecule has 0 fully saturated rings. The zero-order valence-electron chi connectivity index (χ0n) is 15.5. The molecule has 0 heterocycles. The van der Waals surface area contributed by atoms with Crippen LogP contribution >= 0.6 is 0 Å². The molecule has 0 saturated carbocycles. The van der Waals surface area contributed by atoms with E-state index in [1.54, 1.807) is 41.5 Å². The van der Waals surface area contributed by atoms with Crippen molar-refractivity contribution in [3.8, 4) is 0 Å². The smallest absolute Gasteiger partial charge is 0.313 e. The maximum absolute atomic E-state index is 10.5. The van der Waals surface area contributed by atoms with Crippen LogP contribution in [0, 0.1) is 0 Å². The van der Waals surface area contributed by atoms with E-state index in [2.05, 4.69) is 11.3 Å². The SMILES string of the molecule is C=CCOC(=O)CC(C)=O.CC(C)O.CC(C)O.CC(C)O.[Zr]. The van der Waals surface area contributed by atoms with Crippen LogP contribution in [-0.2, 0) is 40.5 Å². The Morgan fingerprint density at radius 1 is 0.957 bits per heavy atom. The Morgan fingerprint density at radius 2 is 1.22 bits per heavy atom. The summed E-state index contributed by atoms with van der Waals surface area (Å²) >= 11 is 0. The number of hydrogen-bond donors (Lipinski definition) is 3. The average molecular weight is 414 g/mol. The second kappa shape index (κ2) is 26.5. The van der Waals surface area contributed by atoms with Gasteiger partial charge in [-0.05, 0) is 48.5 Å². The van der Waals surface area contributed by atoms with E-state index in [9.17, 15) is 9.59 Å². The quantitative estimate of drug-likeness (QED) is 0.369. The van der Waals surface area contributed by atoms with Crippen LogP contribution in [0.1, 0.15) is 54.9 Å². The molecule has 0 rings (SSSR count). The Kier molecular flexibility index (Phi) is 39.3. The summed E-state index contributed by atoms with van der Waals surface area (Å²) in [5, 5.41) is 24.2. The van der Waals surface area contributed by atoms with Gasteiger partial charge in [-0.2, -0.15) is 0 Å². The summed E-state index contributed by atoms with van der Waals surface area (Å²) in [6.45, 7) is 15.2. The summed E-state index contributed by atoms with van der Waals surface area (Å²) in [5.74, 6) is -0.679. The molecule has 7 heteroatoms. The molecular formula is C16H34O6Zr. The molecule has 0 atom stereocenters. The summed E-state index contributed by atoms with van der Waals surface area (Å²) < 4.78 is 4.52. The van der Waals surface area contributed by atoms with Crippen molar-refractivity contribution in [1.29, 1.82) is 0 Å². The first-order valence-electron chi connectivity index (χ1n) is 7.16. The predicted molar refractivity (Wildman–Crippen MR) is 88.5 cm³/mol. The maximum Gasteiger partial charge on any atom is 0.313 e. The van der Waals surface area contributed by atoms with E-state index in [4.69, 9.17) is 15.3 Å². The van der Waals surface area contributed by atoms with Crippen LogP contribution in [0.25, 0.3) is 0 Å². The zero-order chi connectivity index (χ0) is 18.7. The molecule has 0 unspecified atom stereocenters. The molecule has 0 aliphatic heterocycles. The number of ketones is 1. The van der Waals surface area contributed by atoms with Crippen molar-refractivity contribution in [1.82, 2.24) is 0 Å². The first-order valence-corrected chi connectivity index (χ1v) is 7.16. The van der Waals surface area contributed by atoms with Crippen LogP contribution in [0.5, 0.6) is 0 Å². The molecule has 3 N–H and O–H groups in total. The Hall–Kier alpha value is -0.357. The van der Waals surface area contributed by atoms with Gasteiger partial charge in [0.05, 0.1) is 0 Å². The van der Waals surface area contributed by atoms with E-state index in [0.29, 0.717) is 0 Å². The van der Waals surface area contributed by atoms with Crippen LogP contribution in [0.4, 0.5) is 0 Å². The van der Waals surface area contributed by atoms with Gasteiger partial charge < -0.3 is 20.1 Å². The topological polar surface area (TPSA) is 104 Å². The molecule has 0 amide bonds. The van der Waals surface area contributed by atoms with Gasteiger partial charge in [0.1, 0.15) is 18.8 Å². The molecule has 0 aliphatic carbocycles. The van der Waals surface area contributed by atoms with Crippen LogP contribution in [-0.4, -0.2) is 52.0 Å². The van der Waals surface area contributed by atoms with Crippen molar-refractivity contribution in [3.63, 3.8) is 0 Å². The van der Waals surface area contributed by atoms with Gasteiger partial charge in [-0.25, -0.2) is 0 Å². The van der Waals surface area contributed by atoms with Crippen molar-refractivity contribution >= 4 is 11.8 Å². The van der Waals surface area contributed by atoms with E-state index in [-0.39, 0.29) is 63.3 Å². The molecule has 0 bridgehead atoms. The molecular weight excluding hydrogens is 379 g/mol. The molecule has 6 nitrogen and oxygen atoms in total. The molecule has 0 saturated heterocycles. The zero-order valence-corrected chi connectivity index (χ0v) is 18.0. The fourth-order valence-corrected chi connectivity index (χ4v) is 0.406. The summed E-state index contributed by atoms with van der Waals surface area (Å²) in [7, 11) is 0. The minimum Gasteiger partial charge on any atom is -0.461 e. The fraction of sp³-hybridized carbons (Fsp3) is 0.750. The minimum atomic E-state index is -0.493. The molecule has 0 aromatic heterocycles. The molecule has 0 spiro atoms. The van der Waals surface area contributed by atoms with Crippen molar-refractivity contribution in [3.05, 3.63) is 12.7 Å². The predicted octanol–water partition coefficient (Wildman–Crippen LogP) is 1.85. The Labute approximate surface area is 160 Å². The van der Waals surface area contributed by atoms with Crippen LogP contribution in [0.2, 0.25) is 0 Å². The number of carbonyl (C=O) groups is 2. The van der Waals surface area contributed by atoms with E-state index in [0.717, 1.165) is 0 Å². The average Bonchev–Trinajstić information content (AvgIpc) is 2.22. The number of Topliss-reactive ketones (excluding diaryl/α,β-unsaturated/α-hetero) is 1. The third kappa shape index (κ3) is 143. The van der Waals surface area contributed by atoms with Gasteiger partial charge in [0.2, 0.25) is 0 Å². The molecule has 0 aliphatic rings. The van der Waals surface area contributed by atoms with Gasteiger partial charge >= 0.3 is 5.97 Å². The number of aliphatic hydroxyl groups excluding tert-OH is 3. The first kappa shape index (κ1) is 34.1.